The first-order chi connectivity index (χ1) is 7.26. The quantitative estimate of drug-likeness (QED) is 0.806. The van der Waals surface area contributed by atoms with Gasteiger partial charge in [0, 0.05) is 22.7 Å². The highest BCUT2D eigenvalue weighted by Gasteiger charge is 2.26. The first-order valence-corrected chi connectivity index (χ1v) is 5.94. The van der Waals surface area contributed by atoms with Gasteiger partial charge in [0.1, 0.15) is 5.75 Å². The molecule has 3 N–H and O–H groups in total. The predicted molar refractivity (Wildman–Crippen MR) is 64.8 cm³/mol. The predicted octanol–water partition coefficient (Wildman–Crippen LogP) is 1.93. The minimum absolute atomic E-state index is 0.379. The van der Waals surface area contributed by atoms with Gasteiger partial charge in [-0.05, 0) is 19.1 Å². The number of nitrogens with two attached hydrogens (primary N) is 1. The fraction of sp³-hybridized carbons (Fsp3) is 0.455. The van der Waals surface area contributed by atoms with Crippen molar-refractivity contribution < 1.29 is 4.74 Å². The van der Waals surface area contributed by atoms with E-state index in [1.807, 2.05) is 23.9 Å². The number of para-hydroxylation sites is 1. The molecule has 0 aliphatic carbocycles. The molecule has 1 heterocycles. The van der Waals surface area contributed by atoms with Crippen LogP contribution in [0.4, 0.5) is 5.69 Å². The lowest BCUT2D eigenvalue weighted by atomic mass is 10.2. The van der Waals surface area contributed by atoms with Crippen LogP contribution in [-0.4, -0.2) is 24.9 Å². The van der Waals surface area contributed by atoms with Gasteiger partial charge in [-0.3, -0.25) is 0 Å². The topological polar surface area (TPSA) is 47.3 Å². The summed E-state index contributed by atoms with van der Waals surface area (Å²) in [6.45, 7) is 2.84. The van der Waals surface area contributed by atoms with Crippen molar-refractivity contribution in [3.63, 3.8) is 0 Å². The van der Waals surface area contributed by atoms with Gasteiger partial charge in [0.25, 0.3) is 0 Å². The maximum Gasteiger partial charge on any atom is 0.143 e. The fourth-order valence-electron chi connectivity index (χ4n) is 1.76. The van der Waals surface area contributed by atoms with Crippen molar-refractivity contribution in [1.82, 2.24) is 0 Å². The molecule has 1 aromatic rings. The number of thioether (sulfide) groups is 1. The van der Waals surface area contributed by atoms with Gasteiger partial charge in [0.15, 0.2) is 0 Å². The minimum Gasteiger partial charge on any atom is -0.495 e. The molecule has 0 aromatic heterocycles. The highest BCUT2D eigenvalue weighted by molar-refractivity contribution is 8.00. The zero-order valence-corrected chi connectivity index (χ0v) is 9.80. The number of benzene rings is 1. The molecule has 82 valence electrons. The average Bonchev–Trinajstić information content (AvgIpc) is 2.27. The van der Waals surface area contributed by atoms with Crippen molar-refractivity contribution in [1.29, 1.82) is 0 Å². The molecule has 1 aliphatic heterocycles. The van der Waals surface area contributed by atoms with E-state index in [0.29, 0.717) is 17.8 Å². The van der Waals surface area contributed by atoms with E-state index in [-0.39, 0.29) is 0 Å². The lowest BCUT2D eigenvalue weighted by Crippen LogP contribution is -2.37. The number of ether oxygens (including phenoxy) is 1. The van der Waals surface area contributed by atoms with E-state index in [1.165, 1.54) is 4.90 Å². The van der Waals surface area contributed by atoms with E-state index in [9.17, 15) is 0 Å². The van der Waals surface area contributed by atoms with Crippen LogP contribution in [0.2, 0.25) is 0 Å². The van der Waals surface area contributed by atoms with Crippen LogP contribution in [0.5, 0.6) is 5.75 Å². The molecule has 0 amide bonds. The molecule has 4 heteroatoms. The molecule has 2 rings (SSSR count). The third-order valence-electron chi connectivity index (χ3n) is 2.65. The Morgan fingerprint density at radius 3 is 3.00 bits per heavy atom. The number of fused-ring (bicyclic) bond motifs is 1. The summed E-state index contributed by atoms with van der Waals surface area (Å²) in [6.07, 6.45) is 0. The summed E-state index contributed by atoms with van der Waals surface area (Å²) >= 11 is 1.83. The summed E-state index contributed by atoms with van der Waals surface area (Å²) in [5.41, 5.74) is 6.83. The van der Waals surface area contributed by atoms with Gasteiger partial charge in [0.2, 0.25) is 0 Å². The van der Waals surface area contributed by atoms with Crippen LogP contribution in [-0.2, 0) is 0 Å². The number of nitrogens with one attached hydrogen (secondary N) is 1. The van der Waals surface area contributed by atoms with Gasteiger partial charge in [-0.25, -0.2) is 0 Å². The second kappa shape index (κ2) is 4.33. The third kappa shape index (κ3) is 1.92. The molecule has 0 saturated heterocycles. The van der Waals surface area contributed by atoms with Crippen LogP contribution >= 0.6 is 11.8 Å². The first kappa shape index (κ1) is 10.6. The highest BCUT2D eigenvalue weighted by Crippen LogP contribution is 2.42. The molecular weight excluding hydrogens is 208 g/mol. The van der Waals surface area contributed by atoms with Crippen LogP contribution in [0, 0.1) is 0 Å². The molecule has 3 nitrogen and oxygen atoms in total. The van der Waals surface area contributed by atoms with Crippen LogP contribution in [0.25, 0.3) is 0 Å². The number of methoxy groups -OCH3 is 1. The van der Waals surface area contributed by atoms with Crippen molar-refractivity contribution >= 4 is 17.4 Å². The monoisotopic (exact) mass is 224 g/mol. The van der Waals surface area contributed by atoms with Crippen molar-refractivity contribution in [3.05, 3.63) is 18.2 Å². The standard InChI is InChI=1S/C11H16N2OS/c1-7-10(6-12)15-9-5-3-4-8(14-2)11(9)13-7/h3-5,7,10,13H,6,12H2,1-2H3. The molecule has 2 atom stereocenters. The second-order valence-electron chi connectivity index (χ2n) is 3.66. The Bertz CT molecular complexity index is 356. The number of hydrogen-bond donors (Lipinski definition) is 2. The Morgan fingerprint density at radius 1 is 1.53 bits per heavy atom. The van der Waals surface area contributed by atoms with Gasteiger partial charge in [-0.1, -0.05) is 6.07 Å². The number of anilines is 1. The molecule has 1 aromatic carbocycles. The first-order valence-electron chi connectivity index (χ1n) is 5.06. The summed E-state index contributed by atoms with van der Waals surface area (Å²) in [4.78, 5) is 1.22. The van der Waals surface area contributed by atoms with Crippen molar-refractivity contribution in [2.75, 3.05) is 19.0 Å². The Balaban J connectivity index is 2.35. The van der Waals surface area contributed by atoms with Crippen molar-refractivity contribution in [2.45, 2.75) is 23.1 Å². The lowest BCUT2D eigenvalue weighted by molar-refractivity contribution is 0.414. The van der Waals surface area contributed by atoms with E-state index in [1.54, 1.807) is 7.11 Å². The minimum atomic E-state index is 0.379. The van der Waals surface area contributed by atoms with E-state index >= 15 is 0 Å². The van der Waals surface area contributed by atoms with Gasteiger partial charge in [-0.15, -0.1) is 11.8 Å². The maximum absolute atomic E-state index is 5.73. The Morgan fingerprint density at radius 2 is 2.33 bits per heavy atom. The summed E-state index contributed by atoms with van der Waals surface area (Å²) < 4.78 is 5.32. The van der Waals surface area contributed by atoms with Crippen LogP contribution in [0.15, 0.2) is 23.1 Å². The normalized spacial score (nSPS) is 24.2. The van der Waals surface area contributed by atoms with Crippen molar-refractivity contribution in [3.8, 4) is 5.75 Å². The SMILES string of the molecule is COc1cccc2c1NC(C)C(CN)S2. The Hall–Kier alpha value is -0.870. The van der Waals surface area contributed by atoms with Gasteiger partial charge >= 0.3 is 0 Å². The van der Waals surface area contributed by atoms with Crippen LogP contribution in [0.1, 0.15) is 6.92 Å². The summed E-state index contributed by atoms with van der Waals surface area (Å²) in [7, 11) is 1.70. The zero-order chi connectivity index (χ0) is 10.8. The van der Waals surface area contributed by atoms with E-state index in [4.69, 9.17) is 10.5 Å². The maximum atomic E-state index is 5.73. The van der Waals surface area contributed by atoms with E-state index < -0.39 is 0 Å². The van der Waals surface area contributed by atoms with Crippen LogP contribution < -0.4 is 15.8 Å². The smallest absolute Gasteiger partial charge is 0.143 e. The molecule has 0 bridgehead atoms. The second-order valence-corrected chi connectivity index (χ2v) is 4.94. The molecule has 1 aliphatic rings. The molecule has 0 radical (unpaired) electrons. The van der Waals surface area contributed by atoms with E-state index in [0.717, 1.165) is 11.4 Å². The van der Waals surface area contributed by atoms with Gasteiger partial charge in [-0.2, -0.15) is 0 Å². The molecule has 0 spiro atoms. The Kier molecular flexibility index (Phi) is 3.07. The number of rotatable bonds is 2. The van der Waals surface area contributed by atoms with E-state index in [2.05, 4.69) is 18.3 Å². The van der Waals surface area contributed by atoms with Crippen molar-refractivity contribution in [2.24, 2.45) is 5.73 Å². The highest BCUT2D eigenvalue weighted by atomic mass is 32.2. The molecule has 15 heavy (non-hydrogen) atoms. The van der Waals surface area contributed by atoms with Crippen LogP contribution in [0.3, 0.4) is 0 Å². The van der Waals surface area contributed by atoms with Gasteiger partial charge < -0.3 is 15.8 Å². The average molecular weight is 224 g/mol. The number of hydrogen-bond acceptors (Lipinski definition) is 4. The summed E-state index contributed by atoms with van der Waals surface area (Å²) in [5, 5.41) is 3.89. The molecular formula is C11H16N2OS. The lowest BCUT2D eigenvalue weighted by Gasteiger charge is -2.31. The summed E-state index contributed by atoms with van der Waals surface area (Å²) in [5.74, 6) is 0.905. The largest absolute Gasteiger partial charge is 0.495 e. The Labute approximate surface area is 94.4 Å². The van der Waals surface area contributed by atoms with Gasteiger partial charge in [0.05, 0.1) is 12.8 Å². The fourth-order valence-corrected chi connectivity index (χ4v) is 2.89. The summed E-state index contributed by atoms with van der Waals surface area (Å²) in [6, 6.07) is 6.46. The third-order valence-corrected chi connectivity index (χ3v) is 4.15. The molecule has 2 unspecified atom stereocenters. The molecule has 0 fully saturated rings. The molecule has 0 saturated carbocycles. The zero-order valence-electron chi connectivity index (χ0n) is 8.99.